The Hall–Kier alpha value is -3.02. The first kappa shape index (κ1) is 15.5. The molecule has 6 nitrogen and oxygen atoms in total. The Morgan fingerprint density at radius 1 is 1.24 bits per heavy atom. The number of nitrogens with zero attached hydrogens (tertiary/aromatic N) is 4. The monoisotopic (exact) mass is 333 g/mol. The van der Waals surface area contributed by atoms with Crippen molar-refractivity contribution in [3.63, 3.8) is 0 Å². The van der Waals surface area contributed by atoms with Gasteiger partial charge in [-0.3, -0.25) is 9.78 Å². The van der Waals surface area contributed by atoms with E-state index in [0.29, 0.717) is 17.3 Å². The molecule has 1 N–H and O–H groups in total. The molecule has 0 aliphatic heterocycles. The first-order valence-electron chi connectivity index (χ1n) is 8.52. The van der Waals surface area contributed by atoms with Crippen LogP contribution in [0.25, 0.3) is 5.69 Å². The van der Waals surface area contributed by atoms with Gasteiger partial charge in [0.1, 0.15) is 0 Å². The summed E-state index contributed by atoms with van der Waals surface area (Å²) in [6.07, 6.45) is 6.37. The highest BCUT2D eigenvalue weighted by Gasteiger charge is 2.34. The lowest BCUT2D eigenvalue weighted by atomic mass is 10.1. The summed E-state index contributed by atoms with van der Waals surface area (Å²) in [5.41, 5.74) is 4.19. The third-order valence-corrected chi connectivity index (χ3v) is 4.39. The second-order valence-corrected chi connectivity index (χ2v) is 6.22. The van der Waals surface area contributed by atoms with E-state index < -0.39 is 0 Å². The number of aryl methyl sites for hydroxylation is 1. The van der Waals surface area contributed by atoms with Gasteiger partial charge in [-0.1, -0.05) is 24.3 Å². The van der Waals surface area contributed by atoms with Crippen LogP contribution in [0.3, 0.4) is 0 Å². The van der Waals surface area contributed by atoms with Crippen LogP contribution < -0.4 is 5.32 Å². The molecule has 2 aromatic heterocycles. The number of rotatable bonds is 5. The highest BCUT2D eigenvalue weighted by molar-refractivity contribution is 6.03. The molecule has 1 saturated carbocycles. The molecule has 1 aliphatic carbocycles. The Bertz CT molecular complexity index is 899. The molecule has 0 saturated heterocycles. The summed E-state index contributed by atoms with van der Waals surface area (Å²) in [4.78, 5) is 16.6. The lowest BCUT2D eigenvalue weighted by Gasteiger charge is -2.09. The van der Waals surface area contributed by atoms with E-state index in [1.165, 1.54) is 5.56 Å². The van der Waals surface area contributed by atoms with E-state index in [9.17, 15) is 4.79 Å². The summed E-state index contributed by atoms with van der Waals surface area (Å²) in [6.45, 7) is 2.12. The smallest absolute Gasteiger partial charge is 0.278 e. The van der Waals surface area contributed by atoms with Gasteiger partial charge >= 0.3 is 0 Å². The van der Waals surface area contributed by atoms with Crippen molar-refractivity contribution in [1.82, 2.24) is 20.0 Å². The molecule has 2 heterocycles. The summed E-state index contributed by atoms with van der Waals surface area (Å²) in [5, 5.41) is 11.3. The van der Waals surface area contributed by atoms with Crippen LogP contribution in [0, 0.1) is 0 Å². The van der Waals surface area contributed by atoms with Crippen LogP contribution in [0.5, 0.6) is 0 Å². The summed E-state index contributed by atoms with van der Waals surface area (Å²) in [7, 11) is 0. The second kappa shape index (κ2) is 6.47. The number of hydrogen-bond donors (Lipinski definition) is 1. The zero-order valence-corrected chi connectivity index (χ0v) is 14.0. The Morgan fingerprint density at radius 2 is 2.04 bits per heavy atom. The van der Waals surface area contributed by atoms with E-state index in [1.807, 2.05) is 16.8 Å². The van der Waals surface area contributed by atoms with Crippen LogP contribution >= 0.6 is 0 Å². The van der Waals surface area contributed by atoms with E-state index in [1.54, 1.807) is 24.5 Å². The number of benzene rings is 1. The average molecular weight is 333 g/mol. The molecule has 0 atom stereocenters. The van der Waals surface area contributed by atoms with Crippen molar-refractivity contribution in [3.05, 3.63) is 65.7 Å². The lowest BCUT2D eigenvalue weighted by Crippen LogP contribution is -2.15. The molecular weight excluding hydrogens is 314 g/mol. The van der Waals surface area contributed by atoms with E-state index in [4.69, 9.17) is 0 Å². The van der Waals surface area contributed by atoms with Crippen molar-refractivity contribution in [1.29, 1.82) is 0 Å². The van der Waals surface area contributed by atoms with Gasteiger partial charge in [0.15, 0.2) is 5.69 Å². The topological polar surface area (TPSA) is 72.7 Å². The van der Waals surface area contributed by atoms with E-state index in [2.05, 4.69) is 39.7 Å². The molecule has 25 heavy (non-hydrogen) atoms. The molecule has 1 fully saturated rings. The van der Waals surface area contributed by atoms with Crippen molar-refractivity contribution in [2.24, 2.45) is 0 Å². The molecule has 1 amide bonds. The number of hydrogen-bond acceptors (Lipinski definition) is 4. The second-order valence-electron chi connectivity index (χ2n) is 6.22. The molecule has 1 aliphatic rings. The molecule has 0 radical (unpaired) electrons. The van der Waals surface area contributed by atoms with Gasteiger partial charge in [0.2, 0.25) is 0 Å². The van der Waals surface area contributed by atoms with Gasteiger partial charge in [0.05, 0.1) is 11.4 Å². The van der Waals surface area contributed by atoms with Gasteiger partial charge in [-0.2, -0.15) is 0 Å². The standard InChI is InChI=1S/C19H19N5O/c1-2-13-4-3-5-16(12-13)24-18(14-6-7-14)17(22-23-24)19(25)21-15-8-10-20-11-9-15/h3-5,8-12,14H,2,6-7H2,1H3,(H,20,21,25). The predicted molar refractivity (Wildman–Crippen MR) is 94.9 cm³/mol. The highest BCUT2D eigenvalue weighted by Crippen LogP contribution is 2.42. The van der Waals surface area contributed by atoms with E-state index in [-0.39, 0.29) is 5.91 Å². The van der Waals surface area contributed by atoms with Gasteiger partial charge in [0.25, 0.3) is 5.91 Å². The molecule has 1 aromatic carbocycles. The summed E-state index contributed by atoms with van der Waals surface area (Å²) in [5.74, 6) is 0.115. The minimum absolute atomic E-state index is 0.231. The summed E-state index contributed by atoms with van der Waals surface area (Å²) >= 11 is 0. The van der Waals surface area contributed by atoms with Gasteiger partial charge in [-0.05, 0) is 49.1 Å². The number of aromatic nitrogens is 4. The molecule has 0 unspecified atom stereocenters. The van der Waals surface area contributed by atoms with Crippen molar-refractivity contribution >= 4 is 11.6 Å². The zero-order valence-electron chi connectivity index (χ0n) is 14.0. The molecule has 4 rings (SSSR count). The Labute approximate surface area is 145 Å². The van der Waals surface area contributed by atoms with Crippen LogP contribution in [-0.4, -0.2) is 25.9 Å². The first-order chi connectivity index (χ1) is 12.3. The first-order valence-corrected chi connectivity index (χ1v) is 8.52. The predicted octanol–water partition coefficient (Wildman–Crippen LogP) is 3.35. The van der Waals surface area contributed by atoms with Crippen molar-refractivity contribution in [2.45, 2.75) is 32.1 Å². The molecule has 3 aromatic rings. The maximum atomic E-state index is 12.7. The van der Waals surface area contributed by atoms with Crippen LogP contribution in [0.15, 0.2) is 48.8 Å². The fourth-order valence-electron chi connectivity index (χ4n) is 2.90. The fraction of sp³-hybridized carbons (Fsp3) is 0.263. The van der Waals surface area contributed by atoms with Crippen LogP contribution in [0.4, 0.5) is 5.69 Å². The van der Waals surface area contributed by atoms with E-state index >= 15 is 0 Å². The number of pyridine rings is 1. The molecule has 0 bridgehead atoms. The maximum Gasteiger partial charge on any atom is 0.278 e. The van der Waals surface area contributed by atoms with Gasteiger partial charge < -0.3 is 5.32 Å². The normalized spacial score (nSPS) is 13.6. The molecule has 6 heteroatoms. The molecule has 0 spiro atoms. The minimum atomic E-state index is -0.231. The van der Waals surface area contributed by atoms with Crippen LogP contribution in [-0.2, 0) is 6.42 Å². The third kappa shape index (κ3) is 3.15. The van der Waals surface area contributed by atoms with E-state index in [0.717, 1.165) is 30.6 Å². The van der Waals surface area contributed by atoms with Crippen molar-refractivity contribution in [3.8, 4) is 5.69 Å². The number of carbonyl (C=O) groups is 1. The lowest BCUT2D eigenvalue weighted by molar-refractivity contribution is 0.102. The average Bonchev–Trinajstić information content (AvgIpc) is 3.40. The van der Waals surface area contributed by atoms with Crippen LogP contribution in [0.1, 0.15) is 47.4 Å². The Morgan fingerprint density at radius 3 is 2.76 bits per heavy atom. The van der Waals surface area contributed by atoms with Crippen LogP contribution in [0.2, 0.25) is 0 Å². The Balaban J connectivity index is 1.70. The number of amides is 1. The third-order valence-electron chi connectivity index (χ3n) is 4.39. The highest BCUT2D eigenvalue weighted by atomic mass is 16.2. The zero-order chi connectivity index (χ0) is 17.2. The number of carbonyl (C=O) groups excluding carboxylic acids is 1. The molecule has 126 valence electrons. The largest absolute Gasteiger partial charge is 0.320 e. The summed E-state index contributed by atoms with van der Waals surface area (Å²) < 4.78 is 1.82. The Kier molecular flexibility index (Phi) is 4.01. The SMILES string of the molecule is CCc1cccc(-n2nnc(C(=O)Nc3ccncc3)c2C2CC2)c1. The number of nitrogens with one attached hydrogen (secondary N) is 1. The van der Waals surface area contributed by atoms with Crippen molar-refractivity contribution in [2.75, 3.05) is 5.32 Å². The minimum Gasteiger partial charge on any atom is -0.320 e. The fourth-order valence-corrected chi connectivity index (χ4v) is 2.90. The molecular formula is C19H19N5O. The van der Waals surface area contributed by atoms with Gasteiger partial charge in [-0.15, -0.1) is 5.10 Å². The van der Waals surface area contributed by atoms with Gasteiger partial charge in [-0.25, -0.2) is 4.68 Å². The van der Waals surface area contributed by atoms with Crippen molar-refractivity contribution < 1.29 is 4.79 Å². The van der Waals surface area contributed by atoms with Gasteiger partial charge in [0, 0.05) is 24.0 Å². The quantitative estimate of drug-likeness (QED) is 0.777. The summed E-state index contributed by atoms with van der Waals surface area (Å²) in [6, 6.07) is 11.7. The maximum absolute atomic E-state index is 12.7. The number of anilines is 1.